The van der Waals surface area contributed by atoms with Crippen LogP contribution in [-0.2, 0) is 4.79 Å². The molecule has 0 unspecified atom stereocenters. The predicted molar refractivity (Wildman–Crippen MR) is 58.2 cm³/mol. The van der Waals surface area contributed by atoms with Gasteiger partial charge in [-0.1, -0.05) is 6.92 Å². The molecular formula is C11H15FN2O. The van der Waals surface area contributed by atoms with Crippen LogP contribution < -0.4 is 10.6 Å². The molecule has 0 saturated heterocycles. The van der Waals surface area contributed by atoms with Gasteiger partial charge in [-0.05, 0) is 37.2 Å². The zero-order chi connectivity index (χ0) is 11.1. The fraction of sp³-hybridized carbons (Fsp3) is 0.364. The normalized spacial score (nSPS) is 10.0. The standard InChI is InChI=1S/C11H15FN2O/c1-2-7-13-8-11(15)14-10-5-3-9(12)4-6-10/h3-6,13H,2,7-8H2,1H3,(H,14,15). The molecule has 1 amide bonds. The van der Waals surface area contributed by atoms with Gasteiger partial charge in [0.25, 0.3) is 0 Å². The SMILES string of the molecule is CCCNCC(=O)Nc1ccc(F)cc1. The van der Waals surface area contributed by atoms with E-state index in [2.05, 4.69) is 10.6 Å². The van der Waals surface area contributed by atoms with Gasteiger partial charge >= 0.3 is 0 Å². The summed E-state index contributed by atoms with van der Waals surface area (Å²) in [5.41, 5.74) is 0.611. The van der Waals surface area contributed by atoms with Crippen LogP contribution in [0, 0.1) is 5.82 Å². The average molecular weight is 210 g/mol. The summed E-state index contributed by atoms with van der Waals surface area (Å²) in [6, 6.07) is 5.70. The van der Waals surface area contributed by atoms with Crippen molar-refractivity contribution in [3.05, 3.63) is 30.1 Å². The van der Waals surface area contributed by atoms with Gasteiger partial charge in [-0.15, -0.1) is 0 Å². The fourth-order valence-corrected chi connectivity index (χ4v) is 1.12. The molecule has 1 aromatic rings. The third-order valence-corrected chi connectivity index (χ3v) is 1.84. The highest BCUT2D eigenvalue weighted by Crippen LogP contribution is 2.07. The lowest BCUT2D eigenvalue weighted by molar-refractivity contribution is -0.115. The first kappa shape index (κ1) is 11.7. The Labute approximate surface area is 88.7 Å². The molecule has 0 radical (unpaired) electrons. The molecule has 1 rings (SSSR count). The molecule has 0 aliphatic heterocycles. The summed E-state index contributed by atoms with van der Waals surface area (Å²) >= 11 is 0. The monoisotopic (exact) mass is 210 g/mol. The van der Waals surface area contributed by atoms with Crippen LogP contribution in [0.2, 0.25) is 0 Å². The lowest BCUT2D eigenvalue weighted by atomic mass is 10.3. The van der Waals surface area contributed by atoms with Crippen molar-refractivity contribution in [2.45, 2.75) is 13.3 Å². The average Bonchev–Trinajstić information content (AvgIpc) is 2.22. The van der Waals surface area contributed by atoms with Crippen LogP contribution in [-0.4, -0.2) is 19.0 Å². The largest absolute Gasteiger partial charge is 0.325 e. The summed E-state index contributed by atoms with van der Waals surface area (Å²) in [5, 5.41) is 5.64. The van der Waals surface area contributed by atoms with Crippen LogP contribution in [0.5, 0.6) is 0 Å². The first-order valence-electron chi connectivity index (χ1n) is 4.98. The molecule has 3 nitrogen and oxygen atoms in total. The van der Waals surface area contributed by atoms with E-state index in [0.717, 1.165) is 13.0 Å². The van der Waals surface area contributed by atoms with Gasteiger partial charge < -0.3 is 10.6 Å². The molecule has 15 heavy (non-hydrogen) atoms. The summed E-state index contributed by atoms with van der Waals surface area (Å²) in [7, 11) is 0. The third-order valence-electron chi connectivity index (χ3n) is 1.84. The second kappa shape index (κ2) is 6.14. The number of benzene rings is 1. The zero-order valence-electron chi connectivity index (χ0n) is 8.72. The van der Waals surface area contributed by atoms with Crippen LogP contribution >= 0.6 is 0 Å². The summed E-state index contributed by atoms with van der Waals surface area (Å²) in [4.78, 5) is 11.3. The van der Waals surface area contributed by atoms with E-state index in [9.17, 15) is 9.18 Å². The summed E-state index contributed by atoms with van der Waals surface area (Å²) in [5.74, 6) is -0.424. The van der Waals surface area contributed by atoms with Crippen LogP contribution in [0.3, 0.4) is 0 Å². The van der Waals surface area contributed by atoms with E-state index in [4.69, 9.17) is 0 Å². The number of carbonyl (C=O) groups is 1. The van der Waals surface area contributed by atoms with E-state index in [1.807, 2.05) is 6.92 Å². The fourth-order valence-electron chi connectivity index (χ4n) is 1.12. The topological polar surface area (TPSA) is 41.1 Å². The Kier molecular flexibility index (Phi) is 4.77. The van der Waals surface area contributed by atoms with Gasteiger partial charge in [0.15, 0.2) is 0 Å². The van der Waals surface area contributed by atoms with Gasteiger partial charge in [-0.25, -0.2) is 4.39 Å². The first-order valence-corrected chi connectivity index (χ1v) is 4.98. The molecule has 0 aliphatic rings. The van der Waals surface area contributed by atoms with Gasteiger partial charge in [0, 0.05) is 5.69 Å². The number of anilines is 1. The Bertz CT molecular complexity index is 311. The van der Waals surface area contributed by atoms with Gasteiger partial charge in [-0.2, -0.15) is 0 Å². The lowest BCUT2D eigenvalue weighted by Crippen LogP contribution is -2.28. The molecule has 4 heteroatoms. The molecule has 0 saturated carbocycles. The van der Waals surface area contributed by atoms with Crippen molar-refractivity contribution in [3.63, 3.8) is 0 Å². The Balaban J connectivity index is 2.34. The molecule has 1 aromatic carbocycles. The Morgan fingerprint density at radius 2 is 2.00 bits per heavy atom. The number of hydrogen-bond acceptors (Lipinski definition) is 2. The van der Waals surface area contributed by atoms with Crippen molar-refractivity contribution in [3.8, 4) is 0 Å². The Hall–Kier alpha value is -1.42. The van der Waals surface area contributed by atoms with E-state index in [-0.39, 0.29) is 18.3 Å². The number of hydrogen-bond donors (Lipinski definition) is 2. The lowest BCUT2D eigenvalue weighted by Gasteiger charge is -2.05. The van der Waals surface area contributed by atoms with E-state index >= 15 is 0 Å². The number of rotatable bonds is 5. The van der Waals surface area contributed by atoms with Crippen LogP contribution in [0.1, 0.15) is 13.3 Å². The highest BCUT2D eigenvalue weighted by molar-refractivity contribution is 5.92. The minimum Gasteiger partial charge on any atom is -0.325 e. The first-order chi connectivity index (χ1) is 7.22. The minimum atomic E-state index is -0.308. The molecule has 0 atom stereocenters. The van der Waals surface area contributed by atoms with Gasteiger partial charge in [0.2, 0.25) is 5.91 Å². The summed E-state index contributed by atoms with van der Waals surface area (Å²) < 4.78 is 12.5. The highest BCUT2D eigenvalue weighted by Gasteiger charge is 2.00. The molecule has 0 spiro atoms. The smallest absolute Gasteiger partial charge is 0.238 e. The molecule has 0 aliphatic carbocycles. The maximum absolute atomic E-state index is 12.5. The number of halogens is 1. The number of carbonyl (C=O) groups excluding carboxylic acids is 1. The third kappa shape index (κ3) is 4.56. The summed E-state index contributed by atoms with van der Waals surface area (Å²) in [6.45, 7) is 3.13. The maximum Gasteiger partial charge on any atom is 0.238 e. The van der Waals surface area contributed by atoms with Crippen molar-refractivity contribution in [1.29, 1.82) is 0 Å². The van der Waals surface area contributed by atoms with Crippen LogP contribution in [0.15, 0.2) is 24.3 Å². The molecule has 0 fully saturated rings. The number of nitrogens with one attached hydrogen (secondary N) is 2. The Morgan fingerprint density at radius 1 is 1.33 bits per heavy atom. The van der Waals surface area contributed by atoms with Crippen LogP contribution in [0.25, 0.3) is 0 Å². The van der Waals surface area contributed by atoms with Crippen molar-refractivity contribution >= 4 is 11.6 Å². The van der Waals surface area contributed by atoms with Crippen molar-refractivity contribution in [2.24, 2.45) is 0 Å². The molecule has 0 heterocycles. The molecule has 0 aromatic heterocycles. The van der Waals surface area contributed by atoms with Crippen molar-refractivity contribution in [1.82, 2.24) is 5.32 Å². The molecular weight excluding hydrogens is 195 g/mol. The summed E-state index contributed by atoms with van der Waals surface area (Å²) in [6.07, 6.45) is 0.990. The predicted octanol–water partition coefficient (Wildman–Crippen LogP) is 1.76. The Morgan fingerprint density at radius 3 is 2.60 bits per heavy atom. The van der Waals surface area contributed by atoms with E-state index < -0.39 is 0 Å². The van der Waals surface area contributed by atoms with Gasteiger partial charge in [0.1, 0.15) is 5.82 Å². The molecule has 82 valence electrons. The van der Waals surface area contributed by atoms with Crippen LogP contribution in [0.4, 0.5) is 10.1 Å². The second-order valence-electron chi connectivity index (χ2n) is 3.23. The van der Waals surface area contributed by atoms with Gasteiger partial charge in [-0.3, -0.25) is 4.79 Å². The number of amides is 1. The zero-order valence-corrected chi connectivity index (χ0v) is 8.72. The minimum absolute atomic E-state index is 0.116. The second-order valence-corrected chi connectivity index (χ2v) is 3.23. The van der Waals surface area contributed by atoms with Gasteiger partial charge in [0.05, 0.1) is 6.54 Å². The van der Waals surface area contributed by atoms with E-state index in [1.54, 1.807) is 0 Å². The van der Waals surface area contributed by atoms with Crippen molar-refractivity contribution in [2.75, 3.05) is 18.4 Å². The highest BCUT2D eigenvalue weighted by atomic mass is 19.1. The molecule has 2 N–H and O–H groups in total. The maximum atomic E-state index is 12.5. The molecule has 0 bridgehead atoms. The van der Waals surface area contributed by atoms with E-state index in [0.29, 0.717) is 5.69 Å². The van der Waals surface area contributed by atoms with E-state index in [1.165, 1.54) is 24.3 Å². The van der Waals surface area contributed by atoms with Crippen molar-refractivity contribution < 1.29 is 9.18 Å². The quantitative estimate of drug-likeness (QED) is 0.727.